The van der Waals surface area contributed by atoms with Crippen LogP contribution in [0, 0.1) is 5.92 Å². The van der Waals surface area contributed by atoms with Crippen LogP contribution in [0.25, 0.3) is 0 Å². The zero-order valence-corrected chi connectivity index (χ0v) is 11.6. The molecule has 0 saturated heterocycles. The summed E-state index contributed by atoms with van der Waals surface area (Å²) in [6.45, 7) is 7.33. The predicted octanol–water partition coefficient (Wildman–Crippen LogP) is 3.03. The number of nitrogens with one attached hydrogen (secondary N) is 1. The fraction of sp³-hybridized carbons (Fsp3) is 1.00. The van der Waals surface area contributed by atoms with Gasteiger partial charge in [-0.2, -0.15) is 0 Å². The maximum Gasteiger partial charge on any atom is 0.0107 e. The SMILES string of the molecule is CCN(CCNC1CCCCCC1)CC1CC1. The van der Waals surface area contributed by atoms with Crippen LogP contribution in [0.4, 0.5) is 0 Å². The van der Waals surface area contributed by atoms with Gasteiger partial charge in [0.15, 0.2) is 0 Å². The van der Waals surface area contributed by atoms with E-state index in [0.717, 1.165) is 12.0 Å². The molecule has 100 valence electrons. The largest absolute Gasteiger partial charge is 0.313 e. The van der Waals surface area contributed by atoms with Gasteiger partial charge in [-0.3, -0.25) is 0 Å². The van der Waals surface area contributed by atoms with E-state index in [0.29, 0.717) is 0 Å². The summed E-state index contributed by atoms with van der Waals surface area (Å²) in [5, 5.41) is 3.78. The summed E-state index contributed by atoms with van der Waals surface area (Å²) in [6, 6.07) is 0.817. The van der Waals surface area contributed by atoms with Crippen LogP contribution in [-0.2, 0) is 0 Å². The molecule has 0 aromatic carbocycles. The highest BCUT2D eigenvalue weighted by Gasteiger charge is 2.23. The summed E-state index contributed by atoms with van der Waals surface area (Å²) in [5.74, 6) is 1.04. The highest BCUT2D eigenvalue weighted by Crippen LogP contribution is 2.29. The Labute approximate surface area is 107 Å². The van der Waals surface area contributed by atoms with Crippen LogP contribution in [-0.4, -0.2) is 37.1 Å². The second kappa shape index (κ2) is 7.38. The Bertz CT molecular complexity index is 191. The number of hydrogen-bond acceptors (Lipinski definition) is 2. The predicted molar refractivity (Wildman–Crippen MR) is 74.3 cm³/mol. The van der Waals surface area contributed by atoms with Crippen molar-refractivity contribution in [2.24, 2.45) is 5.92 Å². The van der Waals surface area contributed by atoms with E-state index in [9.17, 15) is 0 Å². The Morgan fingerprint density at radius 3 is 2.29 bits per heavy atom. The van der Waals surface area contributed by atoms with Crippen molar-refractivity contribution in [3.63, 3.8) is 0 Å². The number of likely N-dealkylation sites (N-methyl/N-ethyl adjacent to an activating group) is 1. The molecule has 1 N–H and O–H groups in total. The van der Waals surface area contributed by atoms with Crippen LogP contribution in [0.5, 0.6) is 0 Å². The molecule has 0 heterocycles. The second-order valence-electron chi connectivity index (χ2n) is 5.98. The molecule has 2 rings (SSSR count). The second-order valence-corrected chi connectivity index (χ2v) is 5.98. The number of nitrogens with zero attached hydrogens (tertiary/aromatic N) is 1. The lowest BCUT2D eigenvalue weighted by atomic mass is 10.1. The summed E-state index contributed by atoms with van der Waals surface area (Å²) in [6.07, 6.45) is 11.6. The van der Waals surface area contributed by atoms with Crippen LogP contribution < -0.4 is 5.32 Å². The first-order valence-corrected chi connectivity index (χ1v) is 7.84. The van der Waals surface area contributed by atoms with Crippen molar-refractivity contribution < 1.29 is 0 Å². The molecule has 0 atom stereocenters. The molecule has 2 saturated carbocycles. The normalized spacial score (nSPS) is 22.9. The van der Waals surface area contributed by atoms with E-state index in [2.05, 4.69) is 17.1 Å². The van der Waals surface area contributed by atoms with Crippen molar-refractivity contribution in [1.82, 2.24) is 10.2 Å². The van der Waals surface area contributed by atoms with Gasteiger partial charge in [0.05, 0.1) is 0 Å². The Balaban J connectivity index is 1.56. The minimum absolute atomic E-state index is 0.817. The molecule has 0 aromatic heterocycles. The first-order valence-electron chi connectivity index (χ1n) is 7.84. The lowest BCUT2D eigenvalue weighted by molar-refractivity contribution is 0.269. The highest BCUT2D eigenvalue weighted by atomic mass is 15.1. The van der Waals surface area contributed by atoms with Crippen molar-refractivity contribution >= 4 is 0 Å². The van der Waals surface area contributed by atoms with Gasteiger partial charge in [0.2, 0.25) is 0 Å². The molecule has 0 spiro atoms. The van der Waals surface area contributed by atoms with E-state index in [1.807, 2.05) is 0 Å². The quantitative estimate of drug-likeness (QED) is 0.686. The Kier molecular flexibility index (Phi) is 5.79. The lowest BCUT2D eigenvalue weighted by Crippen LogP contribution is -2.37. The van der Waals surface area contributed by atoms with Crippen LogP contribution in [0.1, 0.15) is 58.3 Å². The Hall–Kier alpha value is -0.0800. The van der Waals surface area contributed by atoms with Crippen LogP contribution in [0.2, 0.25) is 0 Å². The Morgan fingerprint density at radius 2 is 1.71 bits per heavy atom. The van der Waals surface area contributed by atoms with Crippen molar-refractivity contribution in [3.05, 3.63) is 0 Å². The monoisotopic (exact) mass is 238 g/mol. The molecule has 0 unspecified atom stereocenters. The van der Waals surface area contributed by atoms with Crippen molar-refractivity contribution in [3.8, 4) is 0 Å². The third kappa shape index (κ3) is 5.39. The smallest absolute Gasteiger partial charge is 0.0107 e. The van der Waals surface area contributed by atoms with Crippen molar-refractivity contribution in [1.29, 1.82) is 0 Å². The average Bonchev–Trinajstić information content (AvgIpc) is 3.14. The minimum Gasteiger partial charge on any atom is -0.313 e. The van der Waals surface area contributed by atoms with Crippen molar-refractivity contribution in [2.75, 3.05) is 26.2 Å². The van der Waals surface area contributed by atoms with Crippen LogP contribution >= 0.6 is 0 Å². The standard InChI is InChI=1S/C15H30N2/c1-2-17(13-14-9-10-14)12-11-16-15-7-5-3-4-6-8-15/h14-16H,2-13H2,1H3. The topological polar surface area (TPSA) is 15.3 Å². The first-order chi connectivity index (χ1) is 8.38. The maximum atomic E-state index is 3.78. The fourth-order valence-electron chi connectivity index (χ4n) is 2.95. The van der Waals surface area contributed by atoms with Gasteiger partial charge in [-0.1, -0.05) is 32.6 Å². The van der Waals surface area contributed by atoms with E-state index < -0.39 is 0 Å². The highest BCUT2D eigenvalue weighted by molar-refractivity contribution is 4.78. The van der Waals surface area contributed by atoms with Gasteiger partial charge in [-0.05, 0) is 38.1 Å². The summed E-state index contributed by atoms with van der Waals surface area (Å²) >= 11 is 0. The molecule has 2 fully saturated rings. The molecule has 0 aliphatic heterocycles. The Morgan fingerprint density at radius 1 is 1.00 bits per heavy atom. The molecule has 2 nitrogen and oxygen atoms in total. The molecule has 2 aliphatic rings. The van der Waals surface area contributed by atoms with Gasteiger partial charge < -0.3 is 10.2 Å². The molecule has 0 radical (unpaired) electrons. The van der Waals surface area contributed by atoms with Crippen LogP contribution in [0.3, 0.4) is 0 Å². The summed E-state index contributed by atoms with van der Waals surface area (Å²) in [5.41, 5.74) is 0. The lowest BCUT2D eigenvalue weighted by Gasteiger charge is -2.22. The third-order valence-corrected chi connectivity index (χ3v) is 4.38. The molecular weight excluding hydrogens is 208 g/mol. The number of hydrogen-bond donors (Lipinski definition) is 1. The molecular formula is C15H30N2. The van der Waals surface area contributed by atoms with Crippen LogP contribution in [0.15, 0.2) is 0 Å². The van der Waals surface area contributed by atoms with E-state index in [1.165, 1.54) is 77.5 Å². The average molecular weight is 238 g/mol. The van der Waals surface area contributed by atoms with Crippen molar-refractivity contribution in [2.45, 2.75) is 64.3 Å². The summed E-state index contributed by atoms with van der Waals surface area (Å²) in [4.78, 5) is 2.63. The van der Waals surface area contributed by atoms with E-state index in [-0.39, 0.29) is 0 Å². The van der Waals surface area contributed by atoms with Gasteiger partial charge in [0.25, 0.3) is 0 Å². The van der Waals surface area contributed by atoms with E-state index in [1.54, 1.807) is 0 Å². The van der Waals surface area contributed by atoms with Gasteiger partial charge in [-0.25, -0.2) is 0 Å². The van der Waals surface area contributed by atoms with E-state index in [4.69, 9.17) is 0 Å². The molecule has 17 heavy (non-hydrogen) atoms. The molecule has 0 amide bonds. The minimum atomic E-state index is 0.817. The third-order valence-electron chi connectivity index (χ3n) is 4.38. The fourth-order valence-corrected chi connectivity index (χ4v) is 2.95. The molecule has 0 bridgehead atoms. The molecule has 2 heteroatoms. The molecule has 0 aromatic rings. The van der Waals surface area contributed by atoms with Gasteiger partial charge in [0, 0.05) is 25.7 Å². The van der Waals surface area contributed by atoms with E-state index >= 15 is 0 Å². The maximum absolute atomic E-state index is 3.78. The zero-order valence-electron chi connectivity index (χ0n) is 11.6. The zero-order chi connectivity index (χ0) is 11.9. The number of rotatable bonds is 7. The summed E-state index contributed by atoms with van der Waals surface area (Å²) in [7, 11) is 0. The van der Waals surface area contributed by atoms with Gasteiger partial charge >= 0.3 is 0 Å². The van der Waals surface area contributed by atoms with Gasteiger partial charge in [-0.15, -0.1) is 0 Å². The first kappa shape index (κ1) is 13.4. The summed E-state index contributed by atoms with van der Waals surface area (Å²) < 4.78 is 0. The van der Waals surface area contributed by atoms with Gasteiger partial charge in [0.1, 0.15) is 0 Å². The molecule has 2 aliphatic carbocycles.